The number of nitrogens with zero attached hydrogens (tertiary/aromatic N) is 7. The lowest BCUT2D eigenvalue weighted by Gasteiger charge is -2.36. The SMILES string of the molecule is CC(C)N(C(=O)C1CCN(c2ccc3nnc(C(F)(F)F)n3n2)CC1)c1cccc(C#N)c1. The molecule has 1 saturated heterocycles. The second-order valence-corrected chi connectivity index (χ2v) is 8.21. The molecule has 172 valence electrons. The fourth-order valence-electron chi connectivity index (χ4n) is 4.08. The van der Waals surface area contributed by atoms with E-state index < -0.39 is 12.0 Å². The van der Waals surface area contributed by atoms with Crippen molar-refractivity contribution in [2.24, 2.45) is 5.92 Å². The molecule has 3 heterocycles. The number of halogens is 3. The predicted octanol–water partition coefficient (Wildman–Crippen LogP) is 3.67. The van der Waals surface area contributed by atoms with Crippen LogP contribution in [0, 0.1) is 17.2 Å². The van der Waals surface area contributed by atoms with Crippen molar-refractivity contribution in [2.45, 2.75) is 38.9 Å². The van der Waals surface area contributed by atoms with Gasteiger partial charge in [-0.05, 0) is 57.0 Å². The number of hydrogen-bond donors (Lipinski definition) is 0. The lowest BCUT2D eigenvalue weighted by atomic mass is 9.94. The standard InChI is InChI=1S/C22H22F3N7O/c1-14(2)31(17-5-3-4-15(12-17)13-26)20(33)16-8-10-30(11-9-16)19-7-6-18-27-28-21(22(23,24)25)32(18)29-19/h3-7,12,14,16H,8-11H2,1-2H3. The minimum atomic E-state index is -4.66. The molecule has 0 radical (unpaired) electrons. The molecule has 2 aromatic heterocycles. The molecule has 8 nitrogen and oxygen atoms in total. The van der Waals surface area contributed by atoms with E-state index in [0.717, 1.165) is 0 Å². The summed E-state index contributed by atoms with van der Waals surface area (Å²) in [6, 6.07) is 12.0. The van der Waals surface area contributed by atoms with E-state index in [4.69, 9.17) is 0 Å². The van der Waals surface area contributed by atoms with Crippen molar-refractivity contribution in [2.75, 3.05) is 22.9 Å². The molecular formula is C22H22F3N7O. The third kappa shape index (κ3) is 4.46. The number of rotatable bonds is 4. The molecule has 33 heavy (non-hydrogen) atoms. The maximum atomic E-state index is 13.3. The number of amides is 1. The van der Waals surface area contributed by atoms with Crippen molar-refractivity contribution in [3.05, 3.63) is 47.8 Å². The van der Waals surface area contributed by atoms with Gasteiger partial charge in [-0.3, -0.25) is 4.79 Å². The first-order valence-electron chi connectivity index (χ1n) is 10.6. The monoisotopic (exact) mass is 457 g/mol. The summed E-state index contributed by atoms with van der Waals surface area (Å²) in [4.78, 5) is 16.9. The summed E-state index contributed by atoms with van der Waals surface area (Å²) in [5, 5.41) is 20.0. The summed E-state index contributed by atoms with van der Waals surface area (Å²) in [6.07, 6.45) is -3.59. The summed E-state index contributed by atoms with van der Waals surface area (Å²) in [5.74, 6) is -1.06. The van der Waals surface area contributed by atoms with Gasteiger partial charge in [0, 0.05) is 30.7 Å². The lowest BCUT2D eigenvalue weighted by molar-refractivity contribution is -0.146. The molecule has 1 amide bonds. The highest BCUT2D eigenvalue weighted by Crippen LogP contribution is 2.30. The van der Waals surface area contributed by atoms with Crippen LogP contribution in [0.3, 0.4) is 0 Å². The number of benzene rings is 1. The van der Waals surface area contributed by atoms with E-state index in [0.29, 0.717) is 47.5 Å². The fourth-order valence-corrected chi connectivity index (χ4v) is 4.08. The first-order chi connectivity index (χ1) is 15.7. The van der Waals surface area contributed by atoms with E-state index in [1.807, 2.05) is 24.8 Å². The van der Waals surface area contributed by atoms with Crippen LogP contribution in [0.5, 0.6) is 0 Å². The van der Waals surface area contributed by atoms with Crippen molar-refractivity contribution in [1.82, 2.24) is 19.8 Å². The maximum Gasteiger partial charge on any atom is 0.453 e. The summed E-state index contributed by atoms with van der Waals surface area (Å²) in [6.45, 7) is 4.79. The molecule has 0 spiro atoms. The first-order valence-corrected chi connectivity index (χ1v) is 10.6. The molecule has 1 aromatic carbocycles. The van der Waals surface area contributed by atoms with E-state index in [1.54, 1.807) is 29.2 Å². The van der Waals surface area contributed by atoms with E-state index in [2.05, 4.69) is 21.4 Å². The maximum absolute atomic E-state index is 13.3. The van der Waals surface area contributed by atoms with Crippen molar-refractivity contribution in [3.63, 3.8) is 0 Å². The molecule has 1 aliphatic rings. The molecule has 3 aromatic rings. The van der Waals surface area contributed by atoms with Crippen LogP contribution in [0.15, 0.2) is 36.4 Å². The molecule has 0 unspecified atom stereocenters. The van der Waals surface area contributed by atoms with Gasteiger partial charge < -0.3 is 9.80 Å². The van der Waals surface area contributed by atoms with Crippen LogP contribution in [-0.2, 0) is 11.0 Å². The number of piperidine rings is 1. The number of carbonyl (C=O) groups excluding carboxylic acids is 1. The van der Waals surface area contributed by atoms with Gasteiger partial charge in [0.05, 0.1) is 11.6 Å². The zero-order valence-electron chi connectivity index (χ0n) is 18.1. The van der Waals surface area contributed by atoms with Crippen LogP contribution in [0.25, 0.3) is 5.65 Å². The predicted molar refractivity (Wildman–Crippen MR) is 115 cm³/mol. The van der Waals surface area contributed by atoms with Gasteiger partial charge in [-0.1, -0.05) is 6.07 Å². The van der Waals surface area contributed by atoms with Crippen molar-refractivity contribution in [1.29, 1.82) is 5.26 Å². The second-order valence-electron chi connectivity index (χ2n) is 8.21. The van der Waals surface area contributed by atoms with Gasteiger partial charge in [-0.25, -0.2) is 0 Å². The molecule has 0 N–H and O–H groups in total. The topological polar surface area (TPSA) is 90.4 Å². The Morgan fingerprint density at radius 1 is 1.18 bits per heavy atom. The summed E-state index contributed by atoms with van der Waals surface area (Å²) < 4.78 is 40.2. The van der Waals surface area contributed by atoms with Crippen LogP contribution >= 0.6 is 0 Å². The molecule has 0 aliphatic carbocycles. The highest BCUT2D eigenvalue weighted by Gasteiger charge is 2.38. The largest absolute Gasteiger partial charge is 0.453 e. The van der Waals surface area contributed by atoms with Crippen LogP contribution in [-0.4, -0.2) is 44.8 Å². The van der Waals surface area contributed by atoms with Crippen molar-refractivity contribution in [3.8, 4) is 6.07 Å². The highest BCUT2D eigenvalue weighted by atomic mass is 19.4. The normalized spacial score (nSPS) is 15.1. The van der Waals surface area contributed by atoms with Crippen LogP contribution in [0.2, 0.25) is 0 Å². The number of anilines is 2. The lowest BCUT2D eigenvalue weighted by Crippen LogP contribution is -2.45. The number of aromatic nitrogens is 4. The molecule has 0 bridgehead atoms. The van der Waals surface area contributed by atoms with Gasteiger partial charge >= 0.3 is 6.18 Å². The fraction of sp³-hybridized carbons (Fsp3) is 0.409. The van der Waals surface area contributed by atoms with Crippen molar-refractivity contribution < 1.29 is 18.0 Å². The Hall–Kier alpha value is -3.68. The second kappa shape index (κ2) is 8.69. The summed E-state index contributed by atoms with van der Waals surface area (Å²) in [5.41, 5.74) is 1.17. The highest BCUT2D eigenvalue weighted by molar-refractivity contribution is 5.95. The van der Waals surface area contributed by atoms with Gasteiger partial charge in [-0.2, -0.15) is 22.9 Å². The van der Waals surface area contributed by atoms with E-state index in [1.165, 1.54) is 6.07 Å². The molecule has 0 atom stereocenters. The smallest absolute Gasteiger partial charge is 0.355 e. The molecule has 4 rings (SSSR count). The molecule has 0 saturated carbocycles. The summed E-state index contributed by atoms with van der Waals surface area (Å²) >= 11 is 0. The quantitative estimate of drug-likeness (QED) is 0.594. The zero-order valence-corrected chi connectivity index (χ0v) is 18.1. The van der Waals surface area contributed by atoms with E-state index in [9.17, 15) is 23.2 Å². The zero-order chi connectivity index (χ0) is 23.8. The molecule has 11 heteroatoms. The number of hydrogen-bond acceptors (Lipinski definition) is 6. The summed E-state index contributed by atoms with van der Waals surface area (Å²) in [7, 11) is 0. The van der Waals surface area contributed by atoms with Gasteiger partial charge in [0.2, 0.25) is 5.91 Å². The van der Waals surface area contributed by atoms with E-state index >= 15 is 0 Å². The first kappa shape index (κ1) is 22.5. The van der Waals surface area contributed by atoms with Gasteiger partial charge in [0.15, 0.2) is 5.65 Å². The minimum absolute atomic E-state index is 0.0170. The Morgan fingerprint density at radius 2 is 1.91 bits per heavy atom. The average molecular weight is 457 g/mol. The molecular weight excluding hydrogens is 435 g/mol. The Kier molecular flexibility index (Phi) is 5.93. The minimum Gasteiger partial charge on any atom is -0.355 e. The van der Waals surface area contributed by atoms with Crippen molar-refractivity contribution >= 4 is 23.1 Å². The number of fused-ring (bicyclic) bond motifs is 1. The Morgan fingerprint density at radius 3 is 2.55 bits per heavy atom. The Bertz CT molecular complexity index is 1210. The van der Waals surface area contributed by atoms with Gasteiger partial charge in [-0.15, -0.1) is 15.3 Å². The number of alkyl halides is 3. The Labute approximate surface area is 188 Å². The van der Waals surface area contributed by atoms with E-state index in [-0.39, 0.29) is 23.5 Å². The van der Waals surface area contributed by atoms with Crippen LogP contribution in [0.1, 0.15) is 38.1 Å². The molecule has 1 fully saturated rings. The van der Waals surface area contributed by atoms with Crippen LogP contribution in [0.4, 0.5) is 24.7 Å². The number of nitriles is 1. The third-order valence-electron chi connectivity index (χ3n) is 5.68. The third-order valence-corrected chi connectivity index (χ3v) is 5.68. The molecule has 1 aliphatic heterocycles. The number of carbonyl (C=O) groups is 1. The van der Waals surface area contributed by atoms with Crippen LogP contribution < -0.4 is 9.80 Å². The average Bonchev–Trinajstić information content (AvgIpc) is 3.23. The Balaban J connectivity index is 1.50. The van der Waals surface area contributed by atoms with Gasteiger partial charge in [0.1, 0.15) is 5.82 Å². The van der Waals surface area contributed by atoms with Gasteiger partial charge in [0.25, 0.3) is 5.82 Å².